The number of carbonyl (C=O) groups is 3. The second-order valence-electron chi connectivity index (χ2n) is 6.60. The van der Waals surface area contributed by atoms with Gasteiger partial charge >= 0.3 is 12.1 Å². The fourth-order valence-electron chi connectivity index (χ4n) is 2.75. The van der Waals surface area contributed by atoms with Gasteiger partial charge in [-0.1, -0.05) is 18.2 Å². The lowest BCUT2D eigenvalue weighted by Gasteiger charge is -2.22. The van der Waals surface area contributed by atoms with E-state index in [0.717, 1.165) is 0 Å². The van der Waals surface area contributed by atoms with E-state index in [-0.39, 0.29) is 18.0 Å². The summed E-state index contributed by atoms with van der Waals surface area (Å²) in [4.78, 5) is 45.5. The first-order valence-corrected chi connectivity index (χ1v) is 9.36. The number of hydrogen-bond acceptors (Lipinski definition) is 5. The highest BCUT2D eigenvalue weighted by molar-refractivity contribution is 6.06. The summed E-state index contributed by atoms with van der Waals surface area (Å²) in [6.45, 7) is -0.722. The highest BCUT2D eigenvalue weighted by atomic mass is 19.4. The van der Waals surface area contributed by atoms with E-state index in [2.05, 4.69) is 9.97 Å². The molecule has 0 aliphatic carbocycles. The predicted octanol–water partition coefficient (Wildman–Crippen LogP) is 3.18. The van der Waals surface area contributed by atoms with Crippen LogP contribution in [-0.4, -0.2) is 40.3 Å². The zero-order valence-corrected chi connectivity index (χ0v) is 16.5. The van der Waals surface area contributed by atoms with Crippen LogP contribution in [0.15, 0.2) is 73.2 Å². The topological polar surface area (TPSA) is 92.3 Å². The quantitative estimate of drug-likeness (QED) is 0.568. The van der Waals surface area contributed by atoms with Gasteiger partial charge in [0.2, 0.25) is 0 Å². The Morgan fingerprint density at radius 3 is 2.19 bits per heavy atom. The van der Waals surface area contributed by atoms with Crippen LogP contribution in [0.3, 0.4) is 0 Å². The maximum atomic E-state index is 13.0. The molecule has 0 aliphatic rings. The van der Waals surface area contributed by atoms with Crippen molar-refractivity contribution < 1.29 is 27.6 Å². The molecule has 2 aromatic heterocycles. The molecule has 0 atom stereocenters. The third kappa shape index (κ3) is 5.75. The van der Waals surface area contributed by atoms with Crippen molar-refractivity contribution in [2.75, 3.05) is 11.4 Å². The van der Waals surface area contributed by atoms with Gasteiger partial charge in [0, 0.05) is 35.4 Å². The van der Waals surface area contributed by atoms with Crippen molar-refractivity contribution in [3.05, 3.63) is 90.0 Å². The van der Waals surface area contributed by atoms with Gasteiger partial charge in [0.05, 0.1) is 18.8 Å². The van der Waals surface area contributed by atoms with E-state index in [4.69, 9.17) is 0 Å². The number of nitrogens with one attached hydrogen (secondary N) is 1. The average Bonchev–Trinajstić information content (AvgIpc) is 2.81. The number of nitrogens with zero attached hydrogens (tertiary/aromatic N) is 3. The molecule has 164 valence electrons. The van der Waals surface area contributed by atoms with Crippen LogP contribution in [0.1, 0.15) is 26.4 Å². The summed E-state index contributed by atoms with van der Waals surface area (Å²) in [6.07, 6.45) is -0.860. The van der Waals surface area contributed by atoms with Crippen LogP contribution in [0.4, 0.5) is 18.9 Å². The van der Waals surface area contributed by atoms with Crippen molar-refractivity contribution in [1.82, 2.24) is 15.3 Å². The third-order valence-corrected chi connectivity index (χ3v) is 4.37. The Morgan fingerprint density at radius 1 is 0.906 bits per heavy atom. The number of halogens is 3. The van der Waals surface area contributed by atoms with Gasteiger partial charge in [0.15, 0.2) is 5.78 Å². The normalized spacial score (nSPS) is 11.0. The Bertz CT molecular complexity index is 1090. The van der Waals surface area contributed by atoms with Crippen LogP contribution in [0.2, 0.25) is 0 Å². The average molecular weight is 442 g/mol. The van der Waals surface area contributed by atoms with Crippen LogP contribution in [0.25, 0.3) is 0 Å². The van der Waals surface area contributed by atoms with E-state index in [1.165, 1.54) is 40.9 Å². The first-order chi connectivity index (χ1) is 15.3. The lowest BCUT2D eigenvalue weighted by molar-refractivity contribution is -0.173. The summed E-state index contributed by atoms with van der Waals surface area (Å²) in [5, 5.41) is 1.52. The minimum atomic E-state index is -5.06. The zero-order chi connectivity index (χ0) is 23.1. The molecular formula is C22H17F3N4O3. The van der Waals surface area contributed by atoms with Crippen molar-refractivity contribution >= 4 is 23.3 Å². The number of para-hydroxylation sites is 1. The number of benzene rings is 1. The second kappa shape index (κ2) is 9.82. The Labute approximate surface area is 180 Å². The van der Waals surface area contributed by atoms with Gasteiger partial charge in [-0.15, -0.1) is 0 Å². The molecule has 0 fully saturated rings. The molecule has 3 rings (SSSR count). The lowest BCUT2D eigenvalue weighted by Crippen LogP contribution is -2.39. The molecular weight excluding hydrogens is 425 g/mol. The van der Waals surface area contributed by atoms with Gasteiger partial charge in [-0.25, -0.2) is 0 Å². The second-order valence-corrected chi connectivity index (χ2v) is 6.60. The van der Waals surface area contributed by atoms with Crippen molar-refractivity contribution in [3.63, 3.8) is 0 Å². The van der Waals surface area contributed by atoms with Crippen LogP contribution < -0.4 is 10.2 Å². The highest BCUT2D eigenvalue weighted by Crippen LogP contribution is 2.19. The molecule has 0 saturated heterocycles. The van der Waals surface area contributed by atoms with E-state index >= 15 is 0 Å². The summed E-state index contributed by atoms with van der Waals surface area (Å²) >= 11 is 0. The predicted molar refractivity (Wildman–Crippen MR) is 109 cm³/mol. The number of rotatable bonds is 7. The van der Waals surface area contributed by atoms with Gasteiger partial charge in [-0.2, -0.15) is 13.2 Å². The van der Waals surface area contributed by atoms with Crippen molar-refractivity contribution in [3.8, 4) is 0 Å². The maximum absolute atomic E-state index is 13.0. The number of amides is 2. The Hall–Kier alpha value is -4.08. The summed E-state index contributed by atoms with van der Waals surface area (Å²) in [5.74, 6) is -3.20. The first-order valence-electron chi connectivity index (χ1n) is 9.36. The van der Waals surface area contributed by atoms with Crippen LogP contribution in [0, 0.1) is 0 Å². The number of alkyl halides is 3. The third-order valence-electron chi connectivity index (χ3n) is 4.37. The molecule has 0 saturated carbocycles. The number of ketones is 1. The Balaban J connectivity index is 1.74. The molecule has 2 amide bonds. The molecule has 32 heavy (non-hydrogen) atoms. The van der Waals surface area contributed by atoms with Gasteiger partial charge < -0.3 is 10.2 Å². The summed E-state index contributed by atoms with van der Waals surface area (Å²) in [5.41, 5.74) is 1.54. The van der Waals surface area contributed by atoms with Crippen LogP contribution >= 0.6 is 0 Å². The Morgan fingerprint density at radius 2 is 1.59 bits per heavy atom. The zero-order valence-electron chi connectivity index (χ0n) is 16.5. The van der Waals surface area contributed by atoms with Crippen molar-refractivity contribution in [2.24, 2.45) is 0 Å². The SMILES string of the molecule is O=C(CNC(=O)C(F)(F)F)c1ccc(CN(C(=O)c2ccncc2)c2ccccc2)nc1. The van der Waals surface area contributed by atoms with Gasteiger partial charge in [0.25, 0.3) is 5.91 Å². The fourth-order valence-corrected chi connectivity index (χ4v) is 2.75. The molecule has 1 N–H and O–H groups in total. The minimum Gasteiger partial charge on any atom is -0.341 e. The molecule has 10 heteroatoms. The molecule has 0 aliphatic heterocycles. The molecule has 0 radical (unpaired) electrons. The van der Waals surface area contributed by atoms with E-state index in [9.17, 15) is 27.6 Å². The number of anilines is 1. The standard InChI is InChI=1S/C22H17F3N4O3/c23-22(24,25)21(32)28-13-19(30)16-6-7-17(27-12-16)14-29(18-4-2-1-3-5-18)20(31)15-8-10-26-11-9-15/h1-12H,13-14H2,(H,28,32). The molecule has 0 bridgehead atoms. The Kier molecular flexibility index (Phi) is 6.93. The monoisotopic (exact) mass is 442 g/mol. The summed E-state index contributed by atoms with van der Waals surface area (Å²) in [6, 6.07) is 15.0. The molecule has 0 spiro atoms. The molecule has 0 unspecified atom stereocenters. The number of Topliss-reactive ketones (excluding diaryl/α,β-unsaturated/α-hetero) is 1. The highest BCUT2D eigenvalue weighted by Gasteiger charge is 2.38. The van der Waals surface area contributed by atoms with E-state index in [1.54, 1.807) is 36.4 Å². The van der Waals surface area contributed by atoms with E-state index in [0.29, 0.717) is 16.9 Å². The number of carbonyl (C=O) groups excluding carboxylic acids is 3. The fraction of sp³-hybridized carbons (Fsp3) is 0.136. The number of hydrogen-bond donors (Lipinski definition) is 1. The van der Waals surface area contributed by atoms with Crippen molar-refractivity contribution in [2.45, 2.75) is 12.7 Å². The number of aromatic nitrogens is 2. The van der Waals surface area contributed by atoms with Crippen LogP contribution in [-0.2, 0) is 11.3 Å². The van der Waals surface area contributed by atoms with Gasteiger partial charge in [-0.05, 0) is 36.4 Å². The number of pyridine rings is 2. The summed E-state index contributed by atoms with van der Waals surface area (Å²) < 4.78 is 36.7. The molecule has 2 heterocycles. The lowest BCUT2D eigenvalue weighted by atomic mass is 10.1. The molecule has 7 nitrogen and oxygen atoms in total. The maximum Gasteiger partial charge on any atom is 0.471 e. The minimum absolute atomic E-state index is 0.0305. The first kappa shape index (κ1) is 22.6. The van der Waals surface area contributed by atoms with E-state index < -0.39 is 24.4 Å². The van der Waals surface area contributed by atoms with Crippen LogP contribution in [0.5, 0.6) is 0 Å². The smallest absolute Gasteiger partial charge is 0.341 e. The molecule has 1 aromatic carbocycles. The van der Waals surface area contributed by atoms with Gasteiger partial charge in [-0.3, -0.25) is 24.4 Å². The van der Waals surface area contributed by atoms with Gasteiger partial charge in [0.1, 0.15) is 0 Å². The van der Waals surface area contributed by atoms with Crippen molar-refractivity contribution in [1.29, 1.82) is 0 Å². The molecule has 3 aromatic rings. The van der Waals surface area contributed by atoms with E-state index in [1.807, 2.05) is 6.07 Å². The summed E-state index contributed by atoms with van der Waals surface area (Å²) in [7, 11) is 0. The largest absolute Gasteiger partial charge is 0.471 e.